The van der Waals surface area contributed by atoms with Crippen LogP contribution >= 0.6 is 0 Å². The van der Waals surface area contributed by atoms with Gasteiger partial charge in [-0.05, 0) is 46.5 Å². The van der Waals surface area contributed by atoms with E-state index in [4.69, 9.17) is 4.74 Å². The van der Waals surface area contributed by atoms with E-state index >= 15 is 0 Å². The van der Waals surface area contributed by atoms with Gasteiger partial charge >= 0.3 is 17.9 Å². The molecule has 25 heavy (non-hydrogen) atoms. The standard InChI is InChI=1S/C16H26N4O5/c1-16(2,3)25-15(24)20-8-6-10(7-9-20)12(21)18-19-14(23)13(22)17-11-4-5-11/h10-11H,4-9H2,1-3H3,(H,17,22)(H,18,21)(H,19,23). The van der Waals surface area contributed by atoms with E-state index in [-0.39, 0.29) is 17.9 Å². The highest BCUT2D eigenvalue weighted by Gasteiger charge is 2.31. The van der Waals surface area contributed by atoms with Crippen LogP contribution in [-0.4, -0.2) is 53.4 Å². The summed E-state index contributed by atoms with van der Waals surface area (Å²) in [7, 11) is 0. The molecular weight excluding hydrogens is 328 g/mol. The van der Waals surface area contributed by atoms with Crippen molar-refractivity contribution in [3.8, 4) is 0 Å². The van der Waals surface area contributed by atoms with Gasteiger partial charge in [-0.2, -0.15) is 0 Å². The van der Waals surface area contributed by atoms with E-state index in [9.17, 15) is 19.2 Å². The molecule has 1 aliphatic heterocycles. The number of hydrazine groups is 1. The lowest BCUT2D eigenvalue weighted by atomic mass is 9.96. The van der Waals surface area contributed by atoms with Crippen LogP contribution in [0.2, 0.25) is 0 Å². The Morgan fingerprint density at radius 3 is 2.04 bits per heavy atom. The predicted octanol–water partition coefficient (Wildman–Crippen LogP) is 0.0595. The smallest absolute Gasteiger partial charge is 0.410 e. The first-order valence-corrected chi connectivity index (χ1v) is 8.54. The lowest BCUT2D eigenvalue weighted by Crippen LogP contribution is -2.52. The number of nitrogens with one attached hydrogen (secondary N) is 3. The fourth-order valence-electron chi connectivity index (χ4n) is 2.41. The van der Waals surface area contributed by atoms with Crippen molar-refractivity contribution in [3.63, 3.8) is 0 Å². The first-order chi connectivity index (χ1) is 11.7. The summed E-state index contributed by atoms with van der Waals surface area (Å²) in [5, 5.41) is 2.53. The topological polar surface area (TPSA) is 117 Å². The summed E-state index contributed by atoms with van der Waals surface area (Å²) in [6.07, 6.45) is 2.30. The number of rotatable bonds is 2. The van der Waals surface area contributed by atoms with Crippen LogP contribution in [0.15, 0.2) is 0 Å². The number of carbonyl (C=O) groups excluding carboxylic acids is 4. The summed E-state index contributed by atoms with van der Waals surface area (Å²) in [6.45, 7) is 6.21. The molecule has 0 aromatic carbocycles. The number of likely N-dealkylation sites (tertiary alicyclic amines) is 1. The first kappa shape index (κ1) is 19.0. The van der Waals surface area contributed by atoms with Crippen molar-refractivity contribution >= 4 is 23.8 Å². The minimum absolute atomic E-state index is 0.0751. The Hall–Kier alpha value is -2.32. The summed E-state index contributed by atoms with van der Waals surface area (Å²) in [4.78, 5) is 48.7. The maximum atomic E-state index is 12.1. The highest BCUT2D eigenvalue weighted by Crippen LogP contribution is 2.20. The number of hydrogen-bond donors (Lipinski definition) is 3. The van der Waals surface area contributed by atoms with Gasteiger partial charge < -0.3 is 15.0 Å². The van der Waals surface area contributed by atoms with Gasteiger partial charge in [0.1, 0.15) is 5.60 Å². The summed E-state index contributed by atoms with van der Waals surface area (Å²) in [6, 6.07) is 0.0751. The van der Waals surface area contributed by atoms with E-state index in [0.29, 0.717) is 25.9 Å². The second kappa shape index (κ2) is 7.71. The second-order valence-corrected chi connectivity index (χ2v) is 7.43. The van der Waals surface area contributed by atoms with Crippen LogP contribution in [0.3, 0.4) is 0 Å². The Balaban J connectivity index is 1.69. The zero-order chi connectivity index (χ0) is 18.6. The predicted molar refractivity (Wildman–Crippen MR) is 88.0 cm³/mol. The van der Waals surface area contributed by atoms with Crippen molar-refractivity contribution in [1.29, 1.82) is 0 Å². The lowest BCUT2D eigenvalue weighted by molar-refractivity contribution is -0.141. The molecule has 0 aromatic rings. The number of amides is 4. The molecule has 0 unspecified atom stereocenters. The minimum atomic E-state index is -0.883. The Kier molecular flexibility index (Phi) is 5.86. The Morgan fingerprint density at radius 2 is 1.52 bits per heavy atom. The molecule has 0 bridgehead atoms. The van der Waals surface area contributed by atoms with Gasteiger partial charge in [-0.15, -0.1) is 0 Å². The monoisotopic (exact) mass is 354 g/mol. The van der Waals surface area contributed by atoms with Crippen LogP contribution < -0.4 is 16.2 Å². The average molecular weight is 354 g/mol. The van der Waals surface area contributed by atoms with Crippen LogP contribution in [-0.2, 0) is 19.1 Å². The molecule has 0 spiro atoms. The van der Waals surface area contributed by atoms with Crippen molar-refractivity contribution in [1.82, 2.24) is 21.1 Å². The zero-order valence-corrected chi connectivity index (χ0v) is 14.9. The molecule has 3 N–H and O–H groups in total. The quantitative estimate of drug-likeness (QED) is 0.479. The Bertz CT molecular complexity index is 545. The molecule has 0 radical (unpaired) electrons. The van der Waals surface area contributed by atoms with Crippen LogP contribution in [0, 0.1) is 5.92 Å². The van der Waals surface area contributed by atoms with E-state index in [2.05, 4.69) is 16.2 Å². The van der Waals surface area contributed by atoms with Crippen molar-refractivity contribution in [3.05, 3.63) is 0 Å². The minimum Gasteiger partial charge on any atom is -0.444 e. The fourth-order valence-corrected chi connectivity index (χ4v) is 2.41. The number of nitrogens with zero attached hydrogens (tertiary/aromatic N) is 1. The lowest BCUT2D eigenvalue weighted by Gasteiger charge is -2.32. The summed E-state index contributed by atoms with van der Waals surface area (Å²) in [5.41, 5.74) is 3.84. The molecule has 1 heterocycles. The van der Waals surface area contributed by atoms with Gasteiger partial charge in [-0.1, -0.05) is 0 Å². The molecule has 4 amide bonds. The molecule has 0 atom stereocenters. The first-order valence-electron chi connectivity index (χ1n) is 8.54. The van der Waals surface area contributed by atoms with Gasteiger partial charge in [-0.25, -0.2) is 4.79 Å². The van der Waals surface area contributed by atoms with Crippen LogP contribution in [0.1, 0.15) is 46.5 Å². The molecule has 9 heteroatoms. The molecular formula is C16H26N4O5. The van der Waals surface area contributed by atoms with E-state index in [0.717, 1.165) is 12.8 Å². The van der Waals surface area contributed by atoms with Gasteiger partial charge in [0.15, 0.2) is 0 Å². The number of carbonyl (C=O) groups is 4. The van der Waals surface area contributed by atoms with Gasteiger partial charge in [0.05, 0.1) is 0 Å². The number of piperidine rings is 1. The summed E-state index contributed by atoms with van der Waals surface area (Å²) in [5.74, 6) is -2.32. The zero-order valence-electron chi connectivity index (χ0n) is 14.9. The highest BCUT2D eigenvalue weighted by atomic mass is 16.6. The number of hydrogen-bond acceptors (Lipinski definition) is 5. The van der Waals surface area contributed by atoms with Crippen LogP contribution in [0.5, 0.6) is 0 Å². The van der Waals surface area contributed by atoms with E-state index < -0.39 is 23.5 Å². The molecule has 9 nitrogen and oxygen atoms in total. The normalized spacial score (nSPS) is 18.3. The Labute approximate surface area is 146 Å². The summed E-state index contributed by atoms with van der Waals surface area (Å²) >= 11 is 0. The SMILES string of the molecule is CC(C)(C)OC(=O)N1CCC(C(=O)NNC(=O)C(=O)NC2CC2)CC1. The van der Waals surface area contributed by atoms with Crippen LogP contribution in [0.4, 0.5) is 4.79 Å². The molecule has 140 valence electrons. The maximum absolute atomic E-state index is 12.1. The molecule has 2 fully saturated rings. The van der Waals surface area contributed by atoms with Crippen molar-refractivity contribution in [2.24, 2.45) is 5.92 Å². The van der Waals surface area contributed by atoms with E-state index in [1.54, 1.807) is 25.7 Å². The third-order valence-electron chi connectivity index (χ3n) is 3.94. The molecule has 1 aliphatic carbocycles. The maximum Gasteiger partial charge on any atom is 0.410 e. The van der Waals surface area contributed by atoms with E-state index in [1.165, 1.54) is 0 Å². The van der Waals surface area contributed by atoms with Gasteiger partial charge in [0, 0.05) is 25.0 Å². The molecule has 2 aliphatic rings. The van der Waals surface area contributed by atoms with E-state index in [1.807, 2.05) is 0 Å². The van der Waals surface area contributed by atoms with Gasteiger partial charge in [0.25, 0.3) is 0 Å². The van der Waals surface area contributed by atoms with Gasteiger partial charge in [0.2, 0.25) is 5.91 Å². The second-order valence-electron chi connectivity index (χ2n) is 7.43. The largest absolute Gasteiger partial charge is 0.444 e. The fraction of sp³-hybridized carbons (Fsp3) is 0.750. The molecule has 1 saturated carbocycles. The molecule has 0 aromatic heterocycles. The highest BCUT2D eigenvalue weighted by molar-refractivity contribution is 6.35. The average Bonchev–Trinajstić information content (AvgIpc) is 3.34. The third kappa shape index (κ3) is 6.24. The van der Waals surface area contributed by atoms with Crippen molar-refractivity contribution < 1.29 is 23.9 Å². The number of ether oxygens (including phenoxy) is 1. The molecule has 2 rings (SSSR count). The third-order valence-corrected chi connectivity index (χ3v) is 3.94. The summed E-state index contributed by atoms with van der Waals surface area (Å²) < 4.78 is 5.30. The van der Waals surface area contributed by atoms with Gasteiger partial charge in [-0.3, -0.25) is 25.2 Å². The van der Waals surface area contributed by atoms with Crippen molar-refractivity contribution in [2.75, 3.05) is 13.1 Å². The van der Waals surface area contributed by atoms with Crippen molar-refractivity contribution in [2.45, 2.75) is 58.1 Å². The Morgan fingerprint density at radius 1 is 0.920 bits per heavy atom. The van der Waals surface area contributed by atoms with Crippen LogP contribution in [0.25, 0.3) is 0 Å². The molecule has 1 saturated heterocycles.